The highest BCUT2D eigenvalue weighted by molar-refractivity contribution is 5.01. The topological polar surface area (TPSA) is 37.8 Å². The van der Waals surface area contributed by atoms with Crippen LogP contribution < -0.4 is 5.32 Å². The number of hydrogen-bond donors (Lipinski definition) is 1. The second kappa shape index (κ2) is 6.11. The number of rotatable bonds is 4. The summed E-state index contributed by atoms with van der Waals surface area (Å²) in [5, 5.41) is 3.33. The van der Waals surface area contributed by atoms with Crippen molar-refractivity contribution in [1.29, 1.82) is 0 Å². The van der Waals surface area contributed by atoms with Gasteiger partial charge in [0.05, 0.1) is 5.69 Å². The molecular formula is C11H15N3. The van der Waals surface area contributed by atoms with Gasteiger partial charge < -0.3 is 5.32 Å². The van der Waals surface area contributed by atoms with Gasteiger partial charge in [0.25, 0.3) is 0 Å². The molecule has 74 valence electrons. The third kappa shape index (κ3) is 3.55. The van der Waals surface area contributed by atoms with Gasteiger partial charge in [-0.2, -0.15) is 0 Å². The maximum absolute atomic E-state index is 4.22. The van der Waals surface area contributed by atoms with Gasteiger partial charge in [-0.1, -0.05) is 0 Å². The second-order valence-electron chi connectivity index (χ2n) is 2.98. The van der Waals surface area contributed by atoms with Crippen molar-refractivity contribution < 1.29 is 0 Å². The monoisotopic (exact) mass is 189 g/mol. The zero-order valence-electron chi connectivity index (χ0n) is 8.62. The van der Waals surface area contributed by atoms with Gasteiger partial charge in [-0.3, -0.25) is 9.97 Å². The van der Waals surface area contributed by atoms with Crippen LogP contribution in [0.25, 0.3) is 0 Å². The van der Waals surface area contributed by atoms with Crippen LogP contribution in [-0.2, 0) is 0 Å². The fourth-order valence-corrected chi connectivity index (χ4v) is 1.11. The third-order valence-corrected chi connectivity index (χ3v) is 1.90. The Kier molecular flexibility index (Phi) is 4.66. The Morgan fingerprint density at radius 3 is 3.00 bits per heavy atom. The van der Waals surface area contributed by atoms with Crippen molar-refractivity contribution in [3.8, 4) is 11.8 Å². The molecule has 1 N–H and O–H groups in total. The SMILES string of the molecule is CC#CCCNC(C)c1cnccn1. The average Bonchev–Trinajstić information content (AvgIpc) is 2.25. The van der Waals surface area contributed by atoms with Crippen molar-refractivity contribution in [2.24, 2.45) is 0 Å². The molecule has 3 heteroatoms. The number of aromatic nitrogens is 2. The molecule has 0 aromatic carbocycles. The van der Waals surface area contributed by atoms with Gasteiger partial charge in [-0.15, -0.1) is 11.8 Å². The molecule has 0 aliphatic rings. The van der Waals surface area contributed by atoms with Crippen molar-refractivity contribution in [2.45, 2.75) is 26.3 Å². The Labute approximate surface area is 85.0 Å². The van der Waals surface area contributed by atoms with Gasteiger partial charge in [0.15, 0.2) is 0 Å². The van der Waals surface area contributed by atoms with Crippen LogP contribution in [0.15, 0.2) is 18.6 Å². The maximum atomic E-state index is 4.22. The molecule has 14 heavy (non-hydrogen) atoms. The molecule has 1 rings (SSSR count). The van der Waals surface area contributed by atoms with E-state index in [-0.39, 0.29) is 6.04 Å². The van der Waals surface area contributed by atoms with E-state index >= 15 is 0 Å². The maximum Gasteiger partial charge on any atom is 0.0753 e. The minimum Gasteiger partial charge on any atom is -0.308 e. The quantitative estimate of drug-likeness (QED) is 0.576. The first-order chi connectivity index (χ1) is 6.84. The predicted octanol–water partition coefficient (Wildman–Crippen LogP) is 1.54. The van der Waals surface area contributed by atoms with E-state index in [4.69, 9.17) is 0 Å². The lowest BCUT2D eigenvalue weighted by Gasteiger charge is -2.10. The lowest BCUT2D eigenvalue weighted by Crippen LogP contribution is -2.20. The molecule has 0 fully saturated rings. The highest BCUT2D eigenvalue weighted by Crippen LogP contribution is 2.05. The zero-order chi connectivity index (χ0) is 10.2. The summed E-state index contributed by atoms with van der Waals surface area (Å²) < 4.78 is 0. The fourth-order valence-electron chi connectivity index (χ4n) is 1.11. The Hall–Kier alpha value is -1.40. The molecular weight excluding hydrogens is 174 g/mol. The molecule has 1 atom stereocenters. The summed E-state index contributed by atoms with van der Waals surface area (Å²) in [6.07, 6.45) is 6.04. The molecule has 0 aliphatic carbocycles. The summed E-state index contributed by atoms with van der Waals surface area (Å²) in [6.45, 7) is 4.81. The molecule has 1 aromatic heterocycles. The third-order valence-electron chi connectivity index (χ3n) is 1.90. The molecule has 0 saturated carbocycles. The van der Waals surface area contributed by atoms with Crippen LogP contribution in [0.5, 0.6) is 0 Å². The van der Waals surface area contributed by atoms with E-state index < -0.39 is 0 Å². The largest absolute Gasteiger partial charge is 0.308 e. The zero-order valence-corrected chi connectivity index (χ0v) is 8.62. The van der Waals surface area contributed by atoms with Crippen LogP contribution in [0.2, 0.25) is 0 Å². The van der Waals surface area contributed by atoms with Crippen LogP contribution >= 0.6 is 0 Å². The summed E-state index contributed by atoms with van der Waals surface area (Å²) >= 11 is 0. The molecule has 0 spiro atoms. The molecule has 0 aliphatic heterocycles. The molecule has 0 bridgehead atoms. The summed E-state index contributed by atoms with van der Waals surface area (Å²) in [4.78, 5) is 8.24. The summed E-state index contributed by atoms with van der Waals surface area (Å²) in [7, 11) is 0. The van der Waals surface area contributed by atoms with Crippen LogP contribution in [0.4, 0.5) is 0 Å². The van der Waals surface area contributed by atoms with Gasteiger partial charge in [0, 0.05) is 37.6 Å². The molecule has 1 unspecified atom stereocenters. The van der Waals surface area contributed by atoms with Crippen molar-refractivity contribution in [2.75, 3.05) is 6.54 Å². The highest BCUT2D eigenvalue weighted by atomic mass is 14.9. The van der Waals surface area contributed by atoms with Gasteiger partial charge in [0.1, 0.15) is 0 Å². The van der Waals surface area contributed by atoms with E-state index in [0.29, 0.717) is 0 Å². The van der Waals surface area contributed by atoms with Gasteiger partial charge >= 0.3 is 0 Å². The van der Waals surface area contributed by atoms with Gasteiger partial charge in [-0.25, -0.2) is 0 Å². The van der Waals surface area contributed by atoms with Crippen molar-refractivity contribution in [3.05, 3.63) is 24.3 Å². The van der Waals surface area contributed by atoms with Gasteiger partial charge in [-0.05, 0) is 13.8 Å². The van der Waals surface area contributed by atoms with E-state index in [1.165, 1.54) is 0 Å². The minimum absolute atomic E-state index is 0.238. The molecule has 1 heterocycles. The number of hydrogen-bond acceptors (Lipinski definition) is 3. The van der Waals surface area contributed by atoms with Crippen LogP contribution in [0.1, 0.15) is 32.0 Å². The molecule has 1 aromatic rings. The fraction of sp³-hybridized carbons (Fsp3) is 0.455. The highest BCUT2D eigenvalue weighted by Gasteiger charge is 2.03. The Morgan fingerprint density at radius 1 is 1.50 bits per heavy atom. The summed E-state index contributed by atoms with van der Waals surface area (Å²) in [6, 6.07) is 0.238. The predicted molar refractivity (Wildman–Crippen MR) is 56.5 cm³/mol. The molecule has 0 radical (unpaired) electrons. The second-order valence-corrected chi connectivity index (χ2v) is 2.98. The van der Waals surface area contributed by atoms with Crippen molar-refractivity contribution in [1.82, 2.24) is 15.3 Å². The summed E-state index contributed by atoms with van der Waals surface area (Å²) in [5.41, 5.74) is 0.969. The average molecular weight is 189 g/mol. The standard InChI is InChI=1S/C11H15N3/c1-3-4-5-6-13-10(2)11-9-12-7-8-14-11/h7-10,13H,5-6H2,1-2H3. The Bertz CT molecular complexity index is 310. The number of nitrogens with zero attached hydrogens (tertiary/aromatic N) is 2. The first kappa shape index (κ1) is 10.7. The van der Waals surface area contributed by atoms with E-state index in [9.17, 15) is 0 Å². The first-order valence-electron chi connectivity index (χ1n) is 4.73. The van der Waals surface area contributed by atoms with E-state index in [1.807, 2.05) is 6.92 Å². The van der Waals surface area contributed by atoms with Crippen LogP contribution in [0, 0.1) is 11.8 Å². The lowest BCUT2D eigenvalue weighted by atomic mass is 10.2. The van der Waals surface area contributed by atoms with Crippen LogP contribution in [0.3, 0.4) is 0 Å². The number of nitrogens with one attached hydrogen (secondary N) is 1. The Balaban J connectivity index is 2.34. The van der Waals surface area contributed by atoms with Crippen molar-refractivity contribution in [3.63, 3.8) is 0 Å². The summed E-state index contributed by atoms with van der Waals surface area (Å²) in [5.74, 6) is 5.87. The molecule has 0 saturated heterocycles. The lowest BCUT2D eigenvalue weighted by molar-refractivity contribution is 0.568. The van der Waals surface area contributed by atoms with E-state index in [2.05, 4.69) is 34.0 Å². The Morgan fingerprint density at radius 2 is 2.36 bits per heavy atom. The normalized spacial score (nSPS) is 11.6. The first-order valence-corrected chi connectivity index (χ1v) is 4.73. The van der Waals surface area contributed by atoms with Crippen molar-refractivity contribution >= 4 is 0 Å². The molecule has 0 amide bonds. The van der Waals surface area contributed by atoms with Crippen LogP contribution in [-0.4, -0.2) is 16.5 Å². The molecule has 3 nitrogen and oxygen atoms in total. The van der Waals surface area contributed by atoms with Gasteiger partial charge in [0.2, 0.25) is 0 Å². The minimum atomic E-state index is 0.238. The van der Waals surface area contributed by atoms with E-state index in [1.54, 1.807) is 18.6 Å². The van der Waals surface area contributed by atoms with E-state index in [0.717, 1.165) is 18.7 Å². The smallest absolute Gasteiger partial charge is 0.0753 e.